The molecule has 2 aliphatic rings. The summed E-state index contributed by atoms with van der Waals surface area (Å²) in [5, 5.41) is 6.86. The Morgan fingerprint density at radius 3 is 2.57 bits per heavy atom. The number of nitrogens with one attached hydrogen (secondary N) is 2. The summed E-state index contributed by atoms with van der Waals surface area (Å²) >= 11 is 0. The fourth-order valence-corrected chi connectivity index (χ4v) is 2.70. The second kappa shape index (κ2) is 6.60. The van der Waals surface area contributed by atoms with Crippen LogP contribution < -0.4 is 10.6 Å². The fraction of sp³-hybridized carbons (Fsp3) is 0.750. The molecule has 116 valence electrons. The summed E-state index contributed by atoms with van der Waals surface area (Å²) in [6.07, 6.45) is 5.03. The highest BCUT2D eigenvalue weighted by molar-refractivity contribution is 5.48. The van der Waals surface area contributed by atoms with Crippen molar-refractivity contribution in [2.24, 2.45) is 5.92 Å². The number of anilines is 2. The molecule has 1 aromatic rings. The van der Waals surface area contributed by atoms with Gasteiger partial charge in [-0.2, -0.15) is 0 Å². The van der Waals surface area contributed by atoms with Gasteiger partial charge >= 0.3 is 0 Å². The third-order valence-electron chi connectivity index (χ3n) is 4.32. The maximum atomic E-state index is 5.62. The highest BCUT2D eigenvalue weighted by atomic mass is 16.5. The molecule has 0 radical (unpaired) electrons. The van der Waals surface area contributed by atoms with Crippen LogP contribution in [0.2, 0.25) is 0 Å². The van der Waals surface area contributed by atoms with E-state index in [2.05, 4.69) is 34.4 Å². The van der Waals surface area contributed by atoms with Gasteiger partial charge in [-0.25, -0.2) is 9.97 Å². The number of hydrogen-bond donors (Lipinski definition) is 2. The summed E-state index contributed by atoms with van der Waals surface area (Å²) in [5.41, 5.74) is 0. The molecule has 1 saturated carbocycles. The van der Waals surface area contributed by atoms with E-state index in [1.165, 1.54) is 12.8 Å². The third-order valence-corrected chi connectivity index (χ3v) is 4.32. The molecule has 0 spiro atoms. The van der Waals surface area contributed by atoms with Gasteiger partial charge in [-0.15, -0.1) is 0 Å². The van der Waals surface area contributed by atoms with E-state index >= 15 is 0 Å². The topological polar surface area (TPSA) is 59.1 Å². The maximum Gasteiger partial charge on any atom is 0.136 e. The van der Waals surface area contributed by atoms with Crippen LogP contribution in [-0.4, -0.2) is 35.8 Å². The maximum absolute atomic E-state index is 5.62. The average Bonchev–Trinajstić information content (AvgIpc) is 3.26. The molecule has 0 aromatic carbocycles. The monoisotopic (exact) mass is 290 g/mol. The lowest BCUT2D eigenvalue weighted by molar-refractivity contribution is 0.108. The fourth-order valence-electron chi connectivity index (χ4n) is 2.70. The minimum atomic E-state index is 0.347. The molecule has 0 amide bonds. The molecule has 2 N–H and O–H groups in total. The number of ether oxygens (including phenoxy) is 1. The second-order valence-electron chi connectivity index (χ2n) is 6.20. The zero-order valence-electron chi connectivity index (χ0n) is 13.1. The number of nitrogens with zero attached hydrogens (tertiary/aromatic N) is 2. The van der Waals surface area contributed by atoms with E-state index in [0.717, 1.165) is 50.0 Å². The van der Waals surface area contributed by atoms with E-state index in [1.807, 2.05) is 6.07 Å². The predicted octanol–water partition coefficient (Wildman–Crippen LogP) is 3.01. The van der Waals surface area contributed by atoms with Crippen LogP contribution in [0, 0.1) is 5.92 Å². The minimum absolute atomic E-state index is 0.347. The van der Waals surface area contributed by atoms with Crippen molar-refractivity contribution in [3.05, 3.63) is 11.9 Å². The molecule has 2 heterocycles. The predicted molar refractivity (Wildman–Crippen MR) is 84.8 cm³/mol. The number of aromatic nitrogens is 2. The molecular formula is C16H26N4O. The number of hydrogen-bond acceptors (Lipinski definition) is 5. The van der Waals surface area contributed by atoms with E-state index in [9.17, 15) is 0 Å². The molecule has 1 aliphatic carbocycles. The first-order valence-corrected chi connectivity index (χ1v) is 8.24. The van der Waals surface area contributed by atoms with Crippen molar-refractivity contribution in [2.45, 2.75) is 51.6 Å². The van der Waals surface area contributed by atoms with Crippen LogP contribution in [0.4, 0.5) is 11.6 Å². The average molecular weight is 290 g/mol. The molecule has 2 unspecified atom stereocenters. The SMILES string of the molecule is CCCNc1cc(NCC2CCOC2C)nc(C2CC2)n1. The molecule has 5 nitrogen and oxygen atoms in total. The van der Waals surface area contributed by atoms with Gasteiger partial charge in [0.05, 0.1) is 6.10 Å². The summed E-state index contributed by atoms with van der Waals surface area (Å²) in [4.78, 5) is 9.33. The van der Waals surface area contributed by atoms with Gasteiger partial charge in [0.15, 0.2) is 0 Å². The first-order valence-electron chi connectivity index (χ1n) is 8.24. The molecule has 1 aliphatic heterocycles. The van der Waals surface area contributed by atoms with Crippen LogP contribution in [0.3, 0.4) is 0 Å². The van der Waals surface area contributed by atoms with Crippen LogP contribution in [0.15, 0.2) is 6.07 Å². The highest BCUT2D eigenvalue weighted by Crippen LogP contribution is 2.38. The van der Waals surface area contributed by atoms with Crippen molar-refractivity contribution in [1.82, 2.24) is 9.97 Å². The Balaban J connectivity index is 1.66. The molecule has 5 heteroatoms. The lowest BCUT2D eigenvalue weighted by atomic mass is 10.0. The van der Waals surface area contributed by atoms with Crippen LogP contribution in [-0.2, 0) is 4.74 Å². The Morgan fingerprint density at radius 2 is 1.95 bits per heavy atom. The van der Waals surface area contributed by atoms with Crippen molar-refractivity contribution >= 4 is 11.6 Å². The minimum Gasteiger partial charge on any atom is -0.378 e. The Bertz CT molecular complexity index is 475. The molecule has 2 atom stereocenters. The van der Waals surface area contributed by atoms with Crippen molar-refractivity contribution in [1.29, 1.82) is 0 Å². The zero-order chi connectivity index (χ0) is 14.7. The lowest BCUT2D eigenvalue weighted by Gasteiger charge is -2.16. The van der Waals surface area contributed by atoms with Crippen molar-refractivity contribution in [2.75, 3.05) is 30.3 Å². The van der Waals surface area contributed by atoms with Crippen LogP contribution in [0.25, 0.3) is 0 Å². The van der Waals surface area contributed by atoms with Gasteiger partial charge in [-0.3, -0.25) is 0 Å². The summed E-state index contributed by atoms with van der Waals surface area (Å²) in [5.74, 6) is 4.05. The van der Waals surface area contributed by atoms with Crippen molar-refractivity contribution < 1.29 is 4.74 Å². The van der Waals surface area contributed by atoms with Crippen LogP contribution in [0.1, 0.15) is 51.3 Å². The summed E-state index contributed by atoms with van der Waals surface area (Å²) in [6.45, 7) is 7.08. The number of rotatable bonds is 7. The second-order valence-corrected chi connectivity index (χ2v) is 6.20. The normalized spacial score (nSPS) is 25.0. The van der Waals surface area contributed by atoms with E-state index in [0.29, 0.717) is 17.9 Å². The van der Waals surface area contributed by atoms with Gasteiger partial charge in [-0.1, -0.05) is 6.92 Å². The molecule has 21 heavy (non-hydrogen) atoms. The first kappa shape index (κ1) is 14.6. The Labute approximate surface area is 126 Å². The molecule has 3 rings (SSSR count). The van der Waals surface area contributed by atoms with Gasteiger partial charge in [0, 0.05) is 37.6 Å². The van der Waals surface area contributed by atoms with Gasteiger partial charge < -0.3 is 15.4 Å². The summed E-state index contributed by atoms with van der Waals surface area (Å²) in [6, 6.07) is 2.03. The molecule has 1 aromatic heterocycles. The van der Waals surface area contributed by atoms with Gasteiger partial charge in [0.25, 0.3) is 0 Å². The van der Waals surface area contributed by atoms with Crippen molar-refractivity contribution in [3.63, 3.8) is 0 Å². The smallest absolute Gasteiger partial charge is 0.136 e. The summed E-state index contributed by atoms with van der Waals surface area (Å²) < 4.78 is 5.62. The third kappa shape index (κ3) is 3.84. The van der Waals surface area contributed by atoms with Gasteiger partial charge in [0.2, 0.25) is 0 Å². The van der Waals surface area contributed by atoms with Gasteiger partial charge in [-0.05, 0) is 32.6 Å². The molecule has 0 bridgehead atoms. The lowest BCUT2D eigenvalue weighted by Crippen LogP contribution is -2.21. The zero-order valence-corrected chi connectivity index (χ0v) is 13.1. The highest BCUT2D eigenvalue weighted by Gasteiger charge is 2.28. The van der Waals surface area contributed by atoms with E-state index in [4.69, 9.17) is 4.74 Å². The first-order chi connectivity index (χ1) is 10.3. The molecular weight excluding hydrogens is 264 g/mol. The quantitative estimate of drug-likeness (QED) is 0.808. The Kier molecular flexibility index (Phi) is 4.58. The Hall–Kier alpha value is -1.36. The largest absolute Gasteiger partial charge is 0.378 e. The molecule has 2 fully saturated rings. The van der Waals surface area contributed by atoms with Crippen LogP contribution >= 0.6 is 0 Å². The van der Waals surface area contributed by atoms with Crippen LogP contribution in [0.5, 0.6) is 0 Å². The van der Waals surface area contributed by atoms with E-state index < -0.39 is 0 Å². The Morgan fingerprint density at radius 1 is 1.19 bits per heavy atom. The van der Waals surface area contributed by atoms with Crippen molar-refractivity contribution in [3.8, 4) is 0 Å². The van der Waals surface area contributed by atoms with E-state index in [1.54, 1.807) is 0 Å². The molecule has 1 saturated heterocycles. The van der Waals surface area contributed by atoms with Gasteiger partial charge in [0.1, 0.15) is 17.5 Å². The summed E-state index contributed by atoms with van der Waals surface area (Å²) in [7, 11) is 0. The standard InChI is InChI=1S/C16H26N4O/c1-3-7-17-14-9-15(20-16(19-14)12-4-5-12)18-10-13-6-8-21-11(13)2/h9,11-13H,3-8,10H2,1-2H3,(H2,17,18,19,20). The van der Waals surface area contributed by atoms with E-state index in [-0.39, 0.29) is 0 Å².